The van der Waals surface area contributed by atoms with Crippen LogP contribution in [0, 0.1) is 0 Å². The molecule has 10 nitrogen and oxygen atoms in total. The third-order valence-corrected chi connectivity index (χ3v) is 6.42. The molecule has 5 rings (SSSR count). The van der Waals surface area contributed by atoms with E-state index in [2.05, 4.69) is 20.2 Å². The van der Waals surface area contributed by atoms with Gasteiger partial charge in [-0.15, -0.1) is 0 Å². The summed E-state index contributed by atoms with van der Waals surface area (Å²) < 4.78 is 57.6. The van der Waals surface area contributed by atoms with Crippen LogP contribution in [0.2, 0.25) is 0 Å². The van der Waals surface area contributed by atoms with Crippen LogP contribution in [0.5, 0.6) is 5.75 Å². The molecule has 13 heteroatoms. The summed E-state index contributed by atoms with van der Waals surface area (Å²) in [5.41, 5.74) is -0.680. The van der Waals surface area contributed by atoms with E-state index in [1.165, 1.54) is 13.2 Å². The molecule has 1 aromatic heterocycles. The number of amides is 1. The maximum Gasteiger partial charge on any atom is 0.434 e. The summed E-state index contributed by atoms with van der Waals surface area (Å²) in [5, 5.41) is 2.62. The van der Waals surface area contributed by atoms with Gasteiger partial charge in [0.15, 0.2) is 5.69 Å². The average Bonchev–Trinajstić information content (AvgIpc) is 3.29. The lowest BCUT2D eigenvalue weighted by molar-refractivity contribution is -0.141. The number of benzene rings is 1. The summed E-state index contributed by atoms with van der Waals surface area (Å²) in [6, 6.07) is 7.71. The fourth-order valence-electron chi connectivity index (χ4n) is 4.61. The molecule has 0 saturated carbocycles. The van der Waals surface area contributed by atoms with E-state index in [-0.39, 0.29) is 13.2 Å². The molecule has 1 unspecified atom stereocenters. The van der Waals surface area contributed by atoms with Crippen LogP contribution in [-0.2, 0) is 15.7 Å². The van der Waals surface area contributed by atoms with Crippen LogP contribution in [0.3, 0.4) is 0 Å². The van der Waals surface area contributed by atoms with Gasteiger partial charge in [0.25, 0.3) is 11.8 Å². The maximum atomic E-state index is 13.6. The average molecular weight is 533 g/mol. The van der Waals surface area contributed by atoms with Gasteiger partial charge in [-0.25, -0.2) is 9.98 Å². The fourth-order valence-corrected chi connectivity index (χ4v) is 4.61. The Morgan fingerprint density at radius 2 is 2.03 bits per heavy atom. The van der Waals surface area contributed by atoms with Gasteiger partial charge in [-0.2, -0.15) is 13.2 Å². The number of aromatic nitrogens is 1. The van der Waals surface area contributed by atoms with Crippen molar-refractivity contribution in [3.05, 3.63) is 53.3 Å². The Morgan fingerprint density at radius 1 is 1.21 bits per heavy atom. The summed E-state index contributed by atoms with van der Waals surface area (Å²) in [6.45, 7) is 3.94. The van der Waals surface area contributed by atoms with Crippen LogP contribution in [0.1, 0.15) is 28.0 Å². The predicted molar refractivity (Wildman–Crippen MR) is 132 cm³/mol. The zero-order chi connectivity index (χ0) is 26.8. The second-order valence-electron chi connectivity index (χ2n) is 8.96. The lowest BCUT2D eigenvalue weighted by Gasteiger charge is -2.30. The number of carbonyl (C=O) groups is 1. The highest BCUT2D eigenvalue weighted by Gasteiger charge is 2.45. The molecule has 1 atom stereocenters. The van der Waals surface area contributed by atoms with Gasteiger partial charge in [0.1, 0.15) is 17.3 Å². The molecule has 1 N–H and O–H groups in total. The number of pyridine rings is 1. The molecule has 1 aromatic carbocycles. The highest BCUT2D eigenvalue weighted by Crippen LogP contribution is 2.38. The van der Waals surface area contributed by atoms with Crippen molar-refractivity contribution < 1.29 is 32.2 Å². The third-order valence-electron chi connectivity index (χ3n) is 6.42. The Labute approximate surface area is 217 Å². The molecule has 0 aliphatic carbocycles. The van der Waals surface area contributed by atoms with Crippen LogP contribution in [0.25, 0.3) is 0 Å². The molecule has 1 amide bonds. The predicted octanol–water partition coefficient (Wildman–Crippen LogP) is 2.67. The van der Waals surface area contributed by atoms with Crippen molar-refractivity contribution >= 4 is 23.8 Å². The number of rotatable bonds is 8. The number of fused-ring (bicyclic) bond motifs is 3. The van der Waals surface area contributed by atoms with E-state index in [0.29, 0.717) is 42.5 Å². The summed E-state index contributed by atoms with van der Waals surface area (Å²) in [5.74, 6) is -1.64. The van der Waals surface area contributed by atoms with Crippen molar-refractivity contribution in [3.8, 4) is 5.75 Å². The van der Waals surface area contributed by atoms with Gasteiger partial charge in [0, 0.05) is 31.4 Å². The smallest absolute Gasteiger partial charge is 0.434 e. The highest BCUT2D eigenvalue weighted by atomic mass is 19.4. The summed E-state index contributed by atoms with van der Waals surface area (Å²) in [6.07, 6.45) is -1.64. The summed E-state index contributed by atoms with van der Waals surface area (Å²) in [7, 11) is 1.53. The number of halogens is 3. The number of methoxy groups -OCH3 is 1. The van der Waals surface area contributed by atoms with Gasteiger partial charge in [-0.1, -0.05) is 6.07 Å². The molecular formula is C25H27F3N6O4. The second-order valence-corrected chi connectivity index (χ2v) is 8.96. The number of hydrogen-bond donors (Lipinski definition) is 1. The van der Waals surface area contributed by atoms with Crippen molar-refractivity contribution in [3.63, 3.8) is 0 Å². The minimum Gasteiger partial charge on any atom is -0.494 e. The second kappa shape index (κ2) is 10.7. The van der Waals surface area contributed by atoms with E-state index < -0.39 is 29.2 Å². The van der Waals surface area contributed by atoms with Gasteiger partial charge < -0.3 is 24.4 Å². The van der Waals surface area contributed by atoms with Gasteiger partial charge in [-0.3, -0.25) is 14.7 Å². The molecule has 0 radical (unpaired) electrons. The monoisotopic (exact) mass is 532 g/mol. The number of amidine groups is 1. The highest BCUT2D eigenvalue weighted by molar-refractivity contribution is 6.12. The Morgan fingerprint density at radius 3 is 2.79 bits per heavy atom. The molecule has 0 bridgehead atoms. The largest absolute Gasteiger partial charge is 0.494 e. The number of nitrogens with zero attached hydrogens (tertiary/aromatic N) is 5. The SMILES string of the molecule is COc1cccc2c1N=CN1CC(NC(=O)c3cccnc3C(F)(F)F)(OCCCN3CCOCC3)N=C21. The molecule has 38 heavy (non-hydrogen) atoms. The quantitative estimate of drug-likeness (QED) is 0.412. The van der Waals surface area contributed by atoms with E-state index >= 15 is 0 Å². The Bertz CT molecular complexity index is 1250. The van der Waals surface area contributed by atoms with Crippen molar-refractivity contribution in [2.45, 2.75) is 18.4 Å². The number of ether oxygens (including phenoxy) is 3. The first-order valence-electron chi connectivity index (χ1n) is 12.2. The molecule has 202 valence electrons. The third kappa shape index (κ3) is 5.35. The van der Waals surface area contributed by atoms with Gasteiger partial charge in [0.2, 0.25) is 0 Å². The zero-order valence-corrected chi connectivity index (χ0v) is 20.7. The maximum absolute atomic E-state index is 13.6. The van der Waals surface area contributed by atoms with Crippen molar-refractivity contribution in [2.24, 2.45) is 9.98 Å². The number of hydrogen-bond acceptors (Lipinski definition) is 9. The van der Waals surface area contributed by atoms with E-state index in [0.717, 1.165) is 31.9 Å². The molecule has 3 aliphatic rings. The summed E-state index contributed by atoms with van der Waals surface area (Å²) in [4.78, 5) is 29.7. The first-order chi connectivity index (χ1) is 18.3. The van der Waals surface area contributed by atoms with Crippen molar-refractivity contribution in [2.75, 3.05) is 53.1 Å². The van der Waals surface area contributed by atoms with Crippen molar-refractivity contribution in [1.29, 1.82) is 0 Å². The molecule has 1 saturated heterocycles. The number of para-hydroxylation sites is 1. The van der Waals surface area contributed by atoms with E-state index in [4.69, 9.17) is 19.2 Å². The molecule has 3 aliphatic heterocycles. The standard InChI is InChI=1S/C25H27F3N6O4/c1-36-19-7-2-5-17-20(19)30-16-34-15-24(31-22(17)34,38-12-4-9-33-10-13-37-14-11-33)32-23(35)18-6-3-8-29-21(18)25(26,27)28/h2-3,5-8,16H,4,9-15H2,1H3,(H,32,35). The summed E-state index contributed by atoms with van der Waals surface area (Å²) >= 11 is 0. The first kappa shape index (κ1) is 26.1. The number of nitrogens with one attached hydrogen (secondary N) is 1. The van der Waals surface area contributed by atoms with Gasteiger partial charge in [-0.05, 0) is 30.7 Å². The molecular weight excluding hydrogens is 505 g/mol. The van der Waals surface area contributed by atoms with Gasteiger partial charge >= 0.3 is 6.18 Å². The molecule has 4 heterocycles. The van der Waals surface area contributed by atoms with Crippen molar-refractivity contribution in [1.82, 2.24) is 20.1 Å². The van der Waals surface area contributed by atoms with E-state index in [1.807, 2.05) is 0 Å². The Kier molecular flexibility index (Phi) is 7.32. The minimum absolute atomic E-state index is 0.0212. The molecule has 2 aromatic rings. The van der Waals surface area contributed by atoms with Crippen LogP contribution in [-0.4, -0.2) is 91.8 Å². The van der Waals surface area contributed by atoms with Gasteiger partial charge in [0.05, 0.1) is 45.4 Å². The normalized spacial score (nSPS) is 21.1. The lowest BCUT2D eigenvalue weighted by atomic mass is 10.1. The molecule has 1 fully saturated rings. The van der Waals surface area contributed by atoms with E-state index in [1.54, 1.807) is 29.4 Å². The number of aliphatic imine (C=N–C) groups is 2. The zero-order valence-electron chi connectivity index (χ0n) is 20.7. The Balaban J connectivity index is 1.42. The van der Waals surface area contributed by atoms with Crippen LogP contribution < -0.4 is 10.1 Å². The fraction of sp³-hybridized carbons (Fsp3) is 0.440. The van der Waals surface area contributed by atoms with Crippen LogP contribution in [0.15, 0.2) is 46.5 Å². The Hall–Kier alpha value is -3.55. The van der Waals surface area contributed by atoms with Crippen LogP contribution in [0.4, 0.5) is 18.9 Å². The molecule has 0 spiro atoms. The van der Waals surface area contributed by atoms with Crippen LogP contribution >= 0.6 is 0 Å². The first-order valence-corrected chi connectivity index (χ1v) is 12.2. The van der Waals surface area contributed by atoms with E-state index in [9.17, 15) is 18.0 Å². The topological polar surface area (TPSA) is 101 Å². The number of alkyl halides is 3. The number of carbonyl (C=O) groups excluding carboxylic acids is 1. The minimum atomic E-state index is -4.80. The number of morpholine rings is 1. The lowest BCUT2D eigenvalue weighted by Crippen LogP contribution is -2.53.